The van der Waals surface area contributed by atoms with Gasteiger partial charge in [-0.1, -0.05) is 51.4 Å². The molecule has 252 valence electrons. The molecule has 0 aromatic carbocycles. The maximum absolute atomic E-state index is 11.3. The van der Waals surface area contributed by atoms with Crippen LogP contribution in [0, 0.1) is 53.3 Å². The Hall–Kier alpha value is -0.650. The molecule has 9 nitrogen and oxygen atoms in total. The fourth-order valence-corrected chi connectivity index (χ4v) is 13.0. The molecule has 5 saturated heterocycles. The average molecular weight is 623 g/mol. The highest BCUT2D eigenvalue weighted by Gasteiger charge is 2.55. The molecule has 4 aliphatic carbocycles. The summed E-state index contributed by atoms with van der Waals surface area (Å²) in [4.78, 5) is 11.3. The summed E-state index contributed by atoms with van der Waals surface area (Å²) in [6.45, 7) is 0. The zero-order valence-electron chi connectivity index (χ0n) is 27.5. The molecule has 0 aromatic heterocycles. The summed E-state index contributed by atoms with van der Waals surface area (Å²) in [5.74, 6) is 6.18. The lowest BCUT2D eigenvalue weighted by atomic mass is 9.69. The predicted octanol–water partition coefficient (Wildman–Crippen LogP) is 3.20. The average Bonchev–Trinajstić information content (AvgIpc) is 3.81. The van der Waals surface area contributed by atoms with Crippen LogP contribution < -0.4 is 42.5 Å². The van der Waals surface area contributed by atoms with Gasteiger partial charge in [0.15, 0.2) is 0 Å². The summed E-state index contributed by atoms with van der Waals surface area (Å²) in [5.41, 5.74) is 0. The largest absolute Gasteiger partial charge is 0.303 e. The normalized spacial score (nSPS) is 54.1. The smallest absolute Gasteiger partial charge is 0.119 e. The van der Waals surface area contributed by atoms with Gasteiger partial charge in [0.05, 0.1) is 49.3 Å². The Morgan fingerprint density at radius 2 is 0.733 bits per heavy atom. The Labute approximate surface area is 271 Å². The third kappa shape index (κ3) is 5.57. The Balaban J connectivity index is 1.05. The molecule has 4 saturated carbocycles. The Bertz CT molecular complexity index is 1040. The van der Waals surface area contributed by atoms with Crippen LogP contribution in [0.1, 0.15) is 116 Å². The van der Waals surface area contributed by atoms with E-state index in [-0.39, 0.29) is 0 Å². The first-order valence-electron chi connectivity index (χ1n) is 19.8. The van der Waals surface area contributed by atoms with Crippen LogP contribution >= 0.6 is 0 Å². The molecule has 9 aliphatic rings. The topological polar surface area (TPSA) is 113 Å². The number of hydrogen-bond acceptors (Lipinski definition) is 9. The second kappa shape index (κ2) is 13.0. The quantitative estimate of drug-likeness (QED) is 0.177. The van der Waals surface area contributed by atoms with Crippen molar-refractivity contribution in [2.45, 2.75) is 165 Å². The number of carbonyl (C=O) groups excluding carboxylic acids is 1. The van der Waals surface area contributed by atoms with Gasteiger partial charge >= 0.3 is 0 Å². The van der Waals surface area contributed by atoms with Crippen LogP contribution in [0.3, 0.4) is 0 Å². The summed E-state index contributed by atoms with van der Waals surface area (Å²) in [6.07, 6.45) is 27.2. The van der Waals surface area contributed by atoms with E-state index in [0.717, 1.165) is 18.6 Å². The highest BCUT2D eigenvalue weighted by molar-refractivity contribution is 5.48. The van der Waals surface area contributed by atoms with E-state index in [4.69, 9.17) is 0 Å². The molecule has 9 heteroatoms. The molecule has 0 spiro atoms. The summed E-state index contributed by atoms with van der Waals surface area (Å²) in [5, 5.41) is 34.0. The maximum atomic E-state index is 11.3. The second-order valence-electron chi connectivity index (χ2n) is 17.0. The summed E-state index contributed by atoms with van der Waals surface area (Å²) in [6, 6.07) is 0. The van der Waals surface area contributed by atoms with E-state index in [1.165, 1.54) is 103 Å². The SMILES string of the molecule is O=CCCCC1CCCC2C3NC4NC(NC5NC(NC6NC(NC(N3)C12)C1CCCCC61)C1CCCCC51)C1CCCCC41. The molecule has 17 atom stereocenters. The van der Waals surface area contributed by atoms with E-state index in [1.807, 2.05) is 0 Å². The third-order valence-electron chi connectivity index (χ3n) is 14.9. The van der Waals surface area contributed by atoms with Crippen LogP contribution in [0.15, 0.2) is 0 Å². The van der Waals surface area contributed by atoms with Gasteiger partial charge in [-0.15, -0.1) is 0 Å². The summed E-state index contributed by atoms with van der Waals surface area (Å²) in [7, 11) is 0. The van der Waals surface area contributed by atoms with Gasteiger partial charge in [-0.05, 0) is 111 Å². The van der Waals surface area contributed by atoms with Crippen molar-refractivity contribution in [3.8, 4) is 0 Å². The number of nitrogens with one attached hydrogen (secondary N) is 8. The lowest BCUT2D eigenvalue weighted by Gasteiger charge is -2.39. The number of hydrogen-bond donors (Lipinski definition) is 8. The maximum Gasteiger partial charge on any atom is 0.119 e. The first-order valence-corrected chi connectivity index (χ1v) is 19.8. The van der Waals surface area contributed by atoms with Gasteiger partial charge in [-0.25, -0.2) is 0 Å². The van der Waals surface area contributed by atoms with Crippen molar-refractivity contribution in [1.82, 2.24) is 42.5 Å². The molecular formula is C36H62N8O. The van der Waals surface area contributed by atoms with Gasteiger partial charge < -0.3 is 4.79 Å². The molecule has 17 unspecified atom stereocenters. The van der Waals surface area contributed by atoms with Crippen LogP contribution in [0.5, 0.6) is 0 Å². The van der Waals surface area contributed by atoms with Crippen molar-refractivity contribution in [2.75, 3.05) is 0 Å². The fraction of sp³-hybridized carbons (Fsp3) is 0.972. The van der Waals surface area contributed by atoms with Crippen molar-refractivity contribution in [3.05, 3.63) is 0 Å². The van der Waals surface area contributed by atoms with Crippen molar-refractivity contribution in [2.24, 2.45) is 53.3 Å². The number of unbranched alkanes of at least 4 members (excludes halogenated alkanes) is 1. The highest BCUT2D eigenvalue weighted by Crippen LogP contribution is 2.47. The van der Waals surface area contributed by atoms with E-state index in [0.29, 0.717) is 103 Å². The Kier molecular flexibility index (Phi) is 8.78. The molecule has 8 N–H and O–H groups in total. The Morgan fingerprint density at radius 3 is 1.11 bits per heavy atom. The van der Waals surface area contributed by atoms with Crippen LogP contribution in [0.25, 0.3) is 0 Å². The van der Waals surface area contributed by atoms with Crippen molar-refractivity contribution >= 4 is 6.29 Å². The molecule has 0 aromatic rings. The van der Waals surface area contributed by atoms with Gasteiger partial charge in [0.1, 0.15) is 6.29 Å². The van der Waals surface area contributed by atoms with Crippen molar-refractivity contribution in [1.29, 1.82) is 0 Å². The molecule has 0 radical (unpaired) electrons. The first-order chi connectivity index (χ1) is 22.2. The minimum Gasteiger partial charge on any atom is -0.303 e. The number of fused-ring (bicyclic) bond motifs is 20. The predicted molar refractivity (Wildman–Crippen MR) is 176 cm³/mol. The minimum atomic E-state index is 0.315. The van der Waals surface area contributed by atoms with Crippen LogP contribution in [-0.2, 0) is 4.79 Å². The molecule has 9 fully saturated rings. The zero-order chi connectivity index (χ0) is 29.9. The minimum absolute atomic E-state index is 0.315. The summed E-state index contributed by atoms with van der Waals surface area (Å²) < 4.78 is 0. The monoisotopic (exact) mass is 623 g/mol. The van der Waals surface area contributed by atoms with Crippen molar-refractivity contribution < 1.29 is 4.79 Å². The van der Waals surface area contributed by atoms with E-state index in [1.54, 1.807) is 0 Å². The first kappa shape index (κ1) is 30.4. The molecule has 5 heterocycles. The van der Waals surface area contributed by atoms with Gasteiger partial charge in [-0.2, -0.15) is 0 Å². The van der Waals surface area contributed by atoms with E-state index in [2.05, 4.69) is 42.5 Å². The van der Waals surface area contributed by atoms with E-state index >= 15 is 0 Å². The third-order valence-corrected chi connectivity index (χ3v) is 14.9. The lowest BCUT2D eigenvalue weighted by molar-refractivity contribution is -0.108. The Morgan fingerprint density at radius 1 is 0.400 bits per heavy atom. The van der Waals surface area contributed by atoms with E-state index in [9.17, 15) is 4.79 Å². The fourth-order valence-electron chi connectivity index (χ4n) is 13.0. The van der Waals surface area contributed by atoms with Gasteiger partial charge in [0.25, 0.3) is 0 Å². The van der Waals surface area contributed by atoms with Crippen LogP contribution in [0.2, 0.25) is 0 Å². The molecule has 5 aliphatic heterocycles. The van der Waals surface area contributed by atoms with Crippen LogP contribution in [-0.4, -0.2) is 55.6 Å². The molecule has 45 heavy (non-hydrogen) atoms. The summed E-state index contributed by atoms with van der Waals surface area (Å²) >= 11 is 0. The number of carbonyl (C=O) groups is 1. The second-order valence-corrected chi connectivity index (χ2v) is 17.0. The molecular weight excluding hydrogens is 560 g/mol. The number of rotatable bonds is 4. The molecule has 0 amide bonds. The number of aldehydes is 1. The van der Waals surface area contributed by atoms with Gasteiger partial charge in [-0.3, -0.25) is 42.5 Å². The van der Waals surface area contributed by atoms with E-state index < -0.39 is 0 Å². The van der Waals surface area contributed by atoms with Crippen LogP contribution in [0.4, 0.5) is 0 Å². The highest BCUT2D eigenvalue weighted by atomic mass is 16.1. The van der Waals surface area contributed by atoms with Gasteiger partial charge in [0.2, 0.25) is 0 Å². The molecule has 9 rings (SSSR count). The van der Waals surface area contributed by atoms with Crippen molar-refractivity contribution in [3.63, 3.8) is 0 Å². The van der Waals surface area contributed by atoms with Gasteiger partial charge in [0, 0.05) is 6.42 Å². The molecule has 8 bridgehead atoms. The zero-order valence-corrected chi connectivity index (χ0v) is 27.5. The standard InChI is InChI=1S/C36H62N8O/c45-19-8-7-10-20-11-9-18-27-28(20)36-43-34-26-17-6-5-16-25(26)32(41-34)39-30-22-13-2-1-12-21(22)29(37-30)38-31-23-14-3-4-15-24(23)33(40-31)42-35(27)44-36/h19-44H,1-18H2. The lowest BCUT2D eigenvalue weighted by Crippen LogP contribution is -2.61.